The van der Waals surface area contributed by atoms with Gasteiger partial charge in [0.05, 0.1) is 0 Å². The van der Waals surface area contributed by atoms with Gasteiger partial charge in [0.15, 0.2) is 5.78 Å². The first-order chi connectivity index (χ1) is 7.38. The molecule has 0 fully saturated rings. The van der Waals surface area contributed by atoms with Crippen LogP contribution in [0.25, 0.3) is 0 Å². The van der Waals surface area contributed by atoms with Crippen LogP contribution in [0, 0.1) is 0 Å². The number of carbonyl (C=O) groups is 1. The Morgan fingerprint density at radius 2 is 1.81 bits per heavy atom. The predicted molar refractivity (Wildman–Crippen MR) is 73.0 cm³/mol. The lowest BCUT2D eigenvalue weighted by atomic mass is 10.1. The third-order valence-corrected chi connectivity index (χ3v) is 4.72. The van der Waals surface area contributed by atoms with Gasteiger partial charge in [0.25, 0.3) is 0 Å². The van der Waals surface area contributed by atoms with Gasteiger partial charge in [0.1, 0.15) is 6.16 Å². The summed E-state index contributed by atoms with van der Waals surface area (Å²) in [5, 5.41) is 0. The Kier molecular flexibility index (Phi) is 7.39. The summed E-state index contributed by atoms with van der Waals surface area (Å²) in [7, 11) is -0.714. The molecule has 0 saturated carbocycles. The van der Waals surface area contributed by atoms with Crippen LogP contribution in [-0.4, -0.2) is 26.2 Å². The molecule has 0 atom stereocenters. The standard InChI is InChI=1S/C10H16IO4P/c1-8(6-11)5-9(2)10(12)7-16(13,14-3)15-4/h5-6H,7H2,1-4H3/b8-6+,9-5+. The maximum atomic E-state index is 11.7. The minimum absolute atomic E-state index is 0.225. The van der Waals surface area contributed by atoms with Crippen LogP contribution in [0.3, 0.4) is 0 Å². The first-order valence-corrected chi connectivity index (χ1v) is 7.55. The molecule has 6 heteroatoms. The molecule has 0 aromatic rings. The molecule has 0 unspecified atom stereocenters. The summed E-state index contributed by atoms with van der Waals surface area (Å²) in [5.41, 5.74) is 1.51. The quantitative estimate of drug-likeness (QED) is 0.316. The van der Waals surface area contributed by atoms with Gasteiger partial charge in [0, 0.05) is 14.2 Å². The van der Waals surface area contributed by atoms with Crippen molar-refractivity contribution < 1.29 is 18.4 Å². The van der Waals surface area contributed by atoms with E-state index in [1.165, 1.54) is 14.2 Å². The van der Waals surface area contributed by atoms with Crippen molar-refractivity contribution in [3.63, 3.8) is 0 Å². The van der Waals surface area contributed by atoms with Crippen molar-refractivity contribution in [1.29, 1.82) is 0 Å². The van der Waals surface area contributed by atoms with E-state index in [0.717, 1.165) is 5.57 Å². The summed E-state index contributed by atoms with van der Waals surface area (Å²) in [4.78, 5) is 11.7. The summed E-state index contributed by atoms with van der Waals surface area (Å²) in [6, 6.07) is 0. The monoisotopic (exact) mass is 358 g/mol. The zero-order valence-corrected chi connectivity index (χ0v) is 12.9. The smallest absolute Gasteiger partial charge is 0.312 e. The zero-order valence-electron chi connectivity index (χ0n) is 9.82. The third-order valence-electron chi connectivity index (χ3n) is 1.95. The highest BCUT2D eigenvalue weighted by molar-refractivity contribution is 14.1. The van der Waals surface area contributed by atoms with Gasteiger partial charge in [0.2, 0.25) is 0 Å². The van der Waals surface area contributed by atoms with Crippen molar-refractivity contribution in [2.45, 2.75) is 13.8 Å². The summed E-state index contributed by atoms with van der Waals surface area (Å²) < 4.78 is 23.0. The van der Waals surface area contributed by atoms with Crippen molar-refractivity contribution >= 4 is 36.0 Å². The molecule has 0 amide bonds. The Balaban J connectivity index is 4.72. The first kappa shape index (κ1) is 16.0. The molecule has 0 rings (SSSR count). The van der Waals surface area contributed by atoms with Gasteiger partial charge >= 0.3 is 7.60 Å². The Hall–Kier alpha value is 0.0300. The molecular weight excluding hydrogens is 342 g/mol. The number of Topliss-reactive ketones (excluding diaryl/α,β-unsaturated/α-hetero) is 1. The van der Waals surface area contributed by atoms with E-state index in [-0.39, 0.29) is 11.9 Å². The SMILES string of the molecule is COP(=O)(CC(=O)/C(C)=C/C(C)=C/I)OC. The molecule has 0 aromatic heterocycles. The van der Waals surface area contributed by atoms with Gasteiger partial charge in [-0.25, -0.2) is 0 Å². The molecule has 0 aromatic carbocycles. The third kappa shape index (κ3) is 5.39. The lowest BCUT2D eigenvalue weighted by Gasteiger charge is -2.12. The maximum Gasteiger partial charge on any atom is 0.337 e. The minimum atomic E-state index is -3.25. The Labute approximate surface area is 110 Å². The Morgan fingerprint density at radius 1 is 1.31 bits per heavy atom. The summed E-state index contributed by atoms with van der Waals surface area (Å²) >= 11 is 2.09. The van der Waals surface area contributed by atoms with Gasteiger partial charge in [-0.2, -0.15) is 0 Å². The van der Waals surface area contributed by atoms with E-state index < -0.39 is 7.60 Å². The van der Waals surface area contributed by atoms with E-state index in [1.54, 1.807) is 13.0 Å². The van der Waals surface area contributed by atoms with Crippen molar-refractivity contribution in [3.8, 4) is 0 Å². The van der Waals surface area contributed by atoms with E-state index in [1.807, 2.05) is 11.0 Å². The molecule has 0 bridgehead atoms. The van der Waals surface area contributed by atoms with Crippen LogP contribution in [0.15, 0.2) is 21.3 Å². The van der Waals surface area contributed by atoms with Crippen molar-refractivity contribution in [2.24, 2.45) is 0 Å². The average molecular weight is 358 g/mol. The molecule has 16 heavy (non-hydrogen) atoms. The Bertz CT molecular complexity index is 352. The van der Waals surface area contributed by atoms with Crippen LogP contribution in [-0.2, 0) is 18.4 Å². The van der Waals surface area contributed by atoms with E-state index in [4.69, 9.17) is 9.05 Å². The zero-order chi connectivity index (χ0) is 12.8. The topological polar surface area (TPSA) is 52.6 Å². The fraction of sp³-hybridized carbons (Fsp3) is 0.500. The van der Waals surface area contributed by atoms with Gasteiger partial charge in [-0.05, 0) is 29.1 Å². The molecule has 0 spiro atoms. The molecule has 0 heterocycles. The molecule has 0 aliphatic carbocycles. The second kappa shape index (κ2) is 7.37. The fourth-order valence-electron chi connectivity index (χ4n) is 0.958. The highest BCUT2D eigenvalue weighted by atomic mass is 127. The molecule has 0 N–H and O–H groups in total. The molecule has 0 aliphatic heterocycles. The number of allylic oxidation sites excluding steroid dienone is 3. The number of rotatable bonds is 6. The first-order valence-electron chi connectivity index (χ1n) is 4.57. The highest BCUT2D eigenvalue weighted by Gasteiger charge is 2.25. The fourth-order valence-corrected chi connectivity index (χ4v) is 2.15. The predicted octanol–water partition coefficient (Wildman–Crippen LogP) is 3.33. The molecule has 0 aliphatic rings. The number of hydrogen-bond donors (Lipinski definition) is 0. The normalized spacial score (nSPS) is 14.1. The maximum absolute atomic E-state index is 11.7. The lowest BCUT2D eigenvalue weighted by Crippen LogP contribution is -2.09. The van der Waals surface area contributed by atoms with Gasteiger partial charge in [-0.3, -0.25) is 9.36 Å². The summed E-state index contributed by atoms with van der Waals surface area (Å²) in [6.45, 7) is 3.57. The van der Waals surface area contributed by atoms with Crippen LogP contribution in [0.2, 0.25) is 0 Å². The number of halogens is 1. The van der Waals surface area contributed by atoms with Crippen molar-refractivity contribution in [2.75, 3.05) is 20.4 Å². The number of hydrogen-bond acceptors (Lipinski definition) is 4. The molecule has 4 nitrogen and oxygen atoms in total. The van der Waals surface area contributed by atoms with E-state index in [0.29, 0.717) is 5.57 Å². The molecule has 0 radical (unpaired) electrons. The van der Waals surface area contributed by atoms with Crippen LogP contribution >= 0.6 is 30.2 Å². The molecule has 0 saturated heterocycles. The van der Waals surface area contributed by atoms with E-state index in [2.05, 4.69) is 22.6 Å². The highest BCUT2D eigenvalue weighted by Crippen LogP contribution is 2.46. The van der Waals surface area contributed by atoms with Crippen LogP contribution in [0.5, 0.6) is 0 Å². The lowest BCUT2D eigenvalue weighted by molar-refractivity contribution is -0.113. The minimum Gasteiger partial charge on any atom is -0.312 e. The van der Waals surface area contributed by atoms with Gasteiger partial charge in [-0.1, -0.05) is 28.7 Å². The summed E-state index contributed by atoms with van der Waals surface area (Å²) in [6.07, 6.45) is 1.52. The van der Waals surface area contributed by atoms with Crippen molar-refractivity contribution in [1.82, 2.24) is 0 Å². The van der Waals surface area contributed by atoms with Crippen LogP contribution in [0.1, 0.15) is 13.8 Å². The molecular formula is C10H16IO4P. The largest absolute Gasteiger partial charge is 0.337 e. The van der Waals surface area contributed by atoms with E-state index >= 15 is 0 Å². The van der Waals surface area contributed by atoms with Crippen LogP contribution < -0.4 is 0 Å². The van der Waals surface area contributed by atoms with Crippen LogP contribution in [0.4, 0.5) is 0 Å². The van der Waals surface area contributed by atoms with Gasteiger partial charge in [-0.15, -0.1) is 0 Å². The number of carbonyl (C=O) groups excluding carboxylic acids is 1. The summed E-state index contributed by atoms with van der Waals surface area (Å²) in [5.74, 6) is -0.232. The average Bonchev–Trinajstić information content (AvgIpc) is 2.28. The second-order valence-corrected chi connectivity index (χ2v) is 6.13. The van der Waals surface area contributed by atoms with Crippen molar-refractivity contribution in [3.05, 3.63) is 21.3 Å². The van der Waals surface area contributed by atoms with E-state index in [9.17, 15) is 9.36 Å². The number of ketones is 1. The van der Waals surface area contributed by atoms with Gasteiger partial charge < -0.3 is 9.05 Å². The Morgan fingerprint density at radius 3 is 2.19 bits per heavy atom. The molecule has 92 valence electrons. The second-order valence-electron chi connectivity index (χ2n) is 3.24.